The fraction of sp³-hybridized carbons (Fsp3) is 0.167. The van der Waals surface area contributed by atoms with E-state index < -0.39 is 0 Å². The van der Waals surface area contributed by atoms with Crippen LogP contribution in [0.4, 0.5) is 0 Å². The minimum Gasteiger partial charge on any atom is -0.392 e. The molecule has 0 atom stereocenters. The highest BCUT2D eigenvalue weighted by Crippen LogP contribution is 2.07. The largest absolute Gasteiger partial charge is 0.392 e. The molecule has 0 radical (unpaired) electrons. The molecule has 74 valence electrons. The van der Waals surface area contributed by atoms with Crippen molar-refractivity contribution < 1.29 is 5.11 Å². The van der Waals surface area contributed by atoms with E-state index >= 15 is 0 Å². The van der Waals surface area contributed by atoms with Crippen LogP contribution in [0.1, 0.15) is 11.1 Å². The maximum Gasteiger partial charge on any atom is 0.0615 e. The number of rotatable bonds is 4. The van der Waals surface area contributed by atoms with Crippen molar-refractivity contribution in [1.82, 2.24) is 0 Å². The van der Waals surface area contributed by atoms with Crippen molar-refractivity contribution in [2.24, 2.45) is 0 Å². The maximum absolute atomic E-state index is 8.60. The van der Waals surface area contributed by atoms with Crippen LogP contribution in [0.2, 0.25) is 0 Å². The summed E-state index contributed by atoms with van der Waals surface area (Å²) in [6.45, 7) is 0.0885. The van der Waals surface area contributed by atoms with Crippen LogP contribution in [-0.2, 0) is 0 Å². The van der Waals surface area contributed by atoms with Gasteiger partial charge in [0.2, 0.25) is 0 Å². The second-order valence-corrected chi connectivity index (χ2v) is 3.46. The molecule has 0 bridgehead atoms. The summed E-state index contributed by atoms with van der Waals surface area (Å²) < 4.78 is 0. The van der Waals surface area contributed by atoms with Crippen LogP contribution in [0.3, 0.4) is 0 Å². The first-order valence-corrected chi connectivity index (χ1v) is 5.59. The molecular weight excluding hydrogens is 240 g/mol. The molecule has 0 aliphatic carbocycles. The molecule has 0 heterocycles. The van der Waals surface area contributed by atoms with E-state index in [2.05, 4.69) is 40.2 Å². The second-order valence-electron chi connectivity index (χ2n) is 2.81. The van der Waals surface area contributed by atoms with Crippen molar-refractivity contribution >= 4 is 28.1 Å². The first-order valence-electron chi connectivity index (χ1n) is 4.47. The van der Waals surface area contributed by atoms with Crippen LogP contribution < -0.4 is 0 Å². The van der Waals surface area contributed by atoms with Crippen LogP contribution in [0.25, 0.3) is 12.2 Å². The Morgan fingerprint density at radius 3 is 1.93 bits per heavy atom. The molecule has 0 saturated heterocycles. The van der Waals surface area contributed by atoms with E-state index in [1.807, 2.05) is 18.2 Å². The Morgan fingerprint density at radius 2 is 1.50 bits per heavy atom. The van der Waals surface area contributed by atoms with E-state index in [9.17, 15) is 0 Å². The van der Waals surface area contributed by atoms with Gasteiger partial charge in [-0.05, 0) is 11.1 Å². The average molecular weight is 253 g/mol. The van der Waals surface area contributed by atoms with E-state index in [4.69, 9.17) is 5.11 Å². The van der Waals surface area contributed by atoms with Gasteiger partial charge in [0.25, 0.3) is 0 Å². The lowest BCUT2D eigenvalue weighted by atomic mass is 10.1. The lowest BCUT2D eigenvalue weighted by Crippen LogP contribution is -1.76. The number of alkyl halides is 1. The zero-order valence-electron chi connectivity index (χ0n) is 7.86. The Kier molecular flexibility index (Phi) is 5.27. The van der Waals surface area contributed by atoms with Gasteiger partial charge in [0.15, 0.2) is 0 Å². The molecule has 1 rings (SSSR count). The highest BCUT2D eigenvalue weighted by atomic mass is 79.9. The van der Waals surface area contributed by atoms with Gasteiger partial charge in [0, 0.05) is 5.33 Å². The van der Waals surface area contributed by atoms with Gasteiger partial charge in [-0.2, -0.15) is 0 Å². The molecule has 0 saturated carbocycles. The van der Waals surface area contributed by atoms with Gasteiger partial charge >= 0.3 is 0 Å². The summed E-state index contributed by atoms with van der Waals surface area (Å²) in [4.78, 5) is 0. The van der Waals surface area contributed by atoms with Crippen molar-refractivity contribution in [2.75, 3.05) is 11.9 Å². The summed E-state index contributed by atoms with van der Waals surface area (Å²) in [5, 5.41) is 9.47. The molecule has 1 N–H and O–H groups in total. The minimum atomic E-state index is 0.0885. The monoisotopic (exact) mass is 252 g/mol. The zero-order chi connectivity index (χ0) is 10.2. The summed E-state index contributed by atoms with van der Waals surface area (Å²) >= 11 is 3.33. The highest BCUT2D eigenvalue weighted by molar-refractivity contribution is 9.09. The number of aliphatic hydroxyl groups is 1. The van der Waals surface area contributed by atoms with Crippen molar-refractivity contribution in [1.29, 1.82) is 0 Å². The number of halogens is 1. The lowest BCUT2D eigenvalue weighted by molar-refractivity contribution is 0.343. The first kappa shape index (κ1) is 11.2. The van der Waals surface area contributed by atoms with Crippen molar-refractivity contribution in [3.8, 4) is 0 Å². The Bertz CT molecular complexity index is 279. The number of benzene rings is 1. The fourth-order valence-corrected chi connectivity index (χ4v) is 1.27. The van der Waals surface area contributed by atoms with Crippen molar-refractivity contribution in [3.05, 3.63) is 47.5 Å². The van der Waals surface area contributed by atoms with Crippen molar-refractivity contribution in [2.45, 2.75) is 0 Å². The summed E-state index contributed by atoms with van der Waals surface area (Å²) in [7, 11) is 0. The van der Waals surface area contributed by atoms with Gasteiger partial charge in [0.05, 0.1) is 6.61 Å². The lowest BCUT2D eigenvalue weighted by Gasteiger charge is -1.95. The van der Waals surface area contributed by atoms with Gasteiger partial charge in [-0.25, -0.2) is 0 Å². The quantitative estimate of drug-likeness (QED) is 0.817. The predicted molar refractivity (Wildman–Crippen MR) is 65.4 cm³/mol. The van der Waals surface area contributed by atoms with Crippen LogP contribution in [-0.4, -0.2) is 17.0 Å². The molecule has 0 unspecified atom stereocenters. The predicted octanol–water partition coefficient (Wildman–Crippen LogP) is 3.10. The van der Waals surface area contributed by atoms with E-state index in [1.54, 1.807) is 6.08 Å². The van der Waals surface area contributed by atoms with Gasteiger partial charge in [0.1, 0.15) is 0 Å². The topological polar surface area (TPSA) is 20.2 Å². The summed E-state index contributed by atoms with van der Waals surface area (Å²) in [5.74, 6) is 0. The van der Waals surface area contributed by atoms with Gasteiger partial charge < -0.3 is 5.11 Å². The summed E-state index contributed by atoms with van der Waals surface area (Å²) in [6.07, 6.45) is 7.74. The number of allylic oxidation sites excluding steroid dienone is 1. The Morgan fingerprint density at radius 1 is 1.00 bits per heavy atom. The maximum atomic E-state index is 8.60. The van der Waals surface area contributed by atoms with E-state index in [0.29, 0.717) is 0 Å². The average Bonchev–Trinajstić information content (AvgIpc) is 2.25. The van der Waals surface area contributed by atoms with Crippen molar-refractivity contribution in [3.63, 3.8) is 0 Å². The van der Waals surface area contributed by atoms with Crippen LogP contribution >= 0.6 is 15.9 Å². The Hall–Kier alpha value is -0.860. The molecule has 1 aromatic carbocycles. The molecule has 0 aliphatic heterocycles. The number of aliphatic hydroxyl groups excluding tert-OH is 1. The van der Waals surface area contributed by atoms with E-state index in [0.717, 1.165) is 10.9 Å². The fourth-order valence-electron chi connectivity index (χ4n) is 1.09. The van der Waals surface area contributed by atoms with E-state index in [-0.39, 0.29) is 6.61 Å². The molecule has 0 amide bonds. The van der Waals surface area contributed by atoms with Crippen LogP contribution in [0, 0.1) is 0 Å². The summed E-state index contributed by atoms with van der Waals surface area (Å²) in [5.41, 5.74) is 2.29. The molecule has 0 aliphatic rings. The third-order valence-electron chi connectivity index (χ3n) is 1.75. The van der Waals surface area contributed by atoms with E-state index in [1.165, 1.54) is 5.56 Å². The highest BCUT2D eigenvalue weighted by Gasteiger charge is 1.87. The van der Waals surface area contributed by atoms with Gasteiger partial charge in [-0.3, -0.25) is 0 Å². The zero-order valence-corrected chi connectivity index (χ0v) is 9.44. The van der Waals surface area contributed by atoms with Crippen LogP contribution in [0.15, 0.2) is 36.4 Å². The molecule has 0 aromatic heterocycles. The minimum absolute atomic E-state index is 0.0885. The molecule has 0 spiro atoms. The molecule has 2 heteroatoms. The molecule has 14 heavy (non-hydrogen) atoms. The van der Waals surface area contributed by atoms with Crippen LogP contribution in [0.5, 0.6) is 0 Å². The third kappa shape index (κ3) is 3.90. The van der Waals surface area contributed by atoms with Gasteiger partial charge in [-0.15, -0.1) is 0 Å². The normalized spacial score (nSPS) is 11.6. The number of hydrogen-bond donors (Lipinski definition) is 1. The Balaban J connectivity index is 2.68. The molecular formula is C12H13BrO. The smallest absolute Gasteiger partial charge is 0.0615 e. The first-order chi connectivity index (χ1) is 6.86. The Labute approximate surface area is 92.9 Å². The molecule has 1 nitrogen and oxygen atoms in total. The van der Waals surface area contributed by atoms with Gasteiger partial charge in [-0.1, -0.05) is 64.5 Å². The second kappa shape index (κ2) is 6.57. The molecule has 0 fully saturated rings. The standard InChI is InChI=1S/C12H13BrO/c13-9-1-3-11-5-7-12(8-6-11)4-2-10-14/h1-8,14H,9-10H2/b3-1+,4-2+. The third-order valence-corrected chi connectivity index (χ3v) is 2.13. The molecule has 1 aromatic rings. The SMILES string of the molecule is OC/C=C/c1ccc(/C=C/CBr)cc1. The number of hydrogen-bond acceptors (Lipinski definition) is 1. The summed E-state index contributed by atoms with van der Waals surface area (Å²) in [6, 6.07) is 8.16.